The average molecular weight is 256 g/mol. The van der Waals surface area contributed by atoms with Gasteiger partial charge in [0.2, 0.25) is 0 Å². The third-order valence-corrected chi connectivity index (χ3v) is 3.42. The van der Waals surface area contributed by atoms with Crippen molar-refractivity contribution in [3.05, 3.63) is 52.8 Å². The van der Waals surface area contributed by atoms with Gasteiger partial charge in [0.05, 0.1) is 12.1 Å². The summed E-state index contributed by atoms with van der Waals surface area (Å²) < 4.78 is 1.80. The fraction of sp³-hybridized carbons (Fsp3) is 0.375. The summed E-state index contributed by atoms with van der Waals surface area (Å²) in [7, 11) is 1.89. The lowest BCUT2D eigenvalue weighted by molar-refractivity contribution is 0.0990. The van der Waals surface area contributed by atoms with E-state index in [4.69, 9.17) is 0 Å². The first kappa shape index (κ1) is 13.5. The zero-order valence-electron chi connectivity index (χ0n) is 11.8. The predicted molar refractivity (Wildman–Crippen MR) is 76.4 cm³/mol. The second-order valence-corrected chi connectivity index (χ2v) is 4.75. The third-order valence-electron chi connectivity index (χ3n) is 3.42. The first-order valence-corrected chi connectivity index (χ1v) is 6.78. The summed E-state index contributed by atoms with van der Waals surface area (Å²) in [5.41, 5.74) is 4.04. The molecule has 0 aliphatic heterocycles. The number of hydrogen-bond acceptors (Lipinski definition) is 2. The smallest absolute Gasteiger partial charge is 0.168 e. The molecule has 0 spiro atoms. The van der Waals surface area contributed by atoms with Crippen LogP contribution in [0.1, 0.15) is 41.2 Å². The lowest BCUT2D eigenvalue weighted by atomic mass is 10.0. The minimum absolute atomic E-state index is 0.147. The topological polar surface area (TPSA) is 34.9 Å². The largest absolute Gasteiger partial charge is 0.294 e. The molecule has 0 aliphatic rings. The summed E-state index contributed by atoms with van der Waals surface area (Å²) >= 11 is 0. The van der Waals surface area contributed by atoms with E-state index in [1.807, 2.05) is 37.4 Å². The zero-order chi connectivity index (χ0) is 13.8. The molecule has 1 heterocycles. The Morgan fingerprint density at radius 2 is 1.84 bits per heavy atom. The van der Waals surface area contributed by atoms with Crippen LogP contribution in [0.25, 0.3) is 0 Å². The molecule has 0 saturated heterocycles. The molecule has 2 rings (SSSR count). The quantitative estimate of drug-likeness (QED) is 0.771. The molecule has 0 unspecified atom stereocenters. The van der Waals surface area contributed by atoms with Crippen molar-refractivity contribution in [2.24, 2.45) is 7.05 Å². The van der Waals surface area contributed by atoms with E-state index >= 15 is 0 Å². The number of ketones is 1. The van der Waals surface area contributed by atoms with Gasteiger partial charge in [-0.05, 0) is 24.5 Å². The number of rotatable bonds is 5. The van der Waals surface area contributed by atoms with Crippen molar-refractivity contribution in [3.8, 4) is 0 Å². The normalized spacial score (nSPS) is 10.7. The monoisotopic (exact) mass is 256 g/mol. The van der Waals surface area contributed by atoms with Gasteiger partial charge in [-0.1, -0.05) is 38.1 Å². The van der Waals surface area contributed by atoms with Crippen molar-refractivity contribution >= 4 is 5.78 Å². The second kappa shape index (κ2) is 5.83. The molecule has 0 N–H and O–H groups in total. The molecule has 0 amide bonds. The minimum Gasteiger partial charge on any atom is -0.294 e. The number of nitrogens with zero attached hydrogens (tertiary/aromatic N) is 2. The summed E-state index contributed by atoms with van der Waals surface area (Å²) in [5.74, 6) is 0.147. The maximum absolute atomic E-state index is 12.2. The first-order valence-electron chi connectivity index (χ1n) is 6.78. The number of carbonyl (C=O) groups is 1. The highest BCUT2D eigenvalue weighted by Gasteiger charge is 2.11. The first-order chi connectivity index (χ1) is 9.13. The number of aryl methyl sites for hydroxylation is 3. The molecule has 2 aromatic rings. The van der Waals surface area contributed by atoms with Gasteiger partial charge in [0.15, 0.2) is 5.78 Å². The number of aromatic nitrogens is 2. The van der Waals surface area contributed by atoms with E-state index in [0.717, 1.165) is 29.8 Å². The summed E-state index contributed by atoms with van der Waals surface area (Å²) in [5, 5.41) is 4.37. The van der Waals surface area contributed by atoms with Crippen molar-refractivity contribution in [3.63, 3.8) is 0 Å². The van der Waals surface area contributed by atoms with E-state index < -0.39 is 0 Å². The lowest BCUT2D eigenvalue weighted by Crippen LogP contribution is -2.07. The van der Waals surface area contributed by atoms with Crippen LogP contribution in [0.2, 0.25) is 0 Å². The van der Waals surface area contributed by atoms with Crippen LogP contribution < -0.4 is 0 Å². The summed E-state index contributed by atoms with van der Waals surface area (Å²) in [6.07, 6.45) is 2.30. The molecule has 0 aliphatic carbocycles. The molecule has 0 bridgehead atoms. The van der Waals surface area contributed by atoms with E-state index in [1.54, 1.807) is 4.68 Å². The van der Waals surface area contributed by atoms with Gasteiger partial charge >= 0.3 is 0 Å². The molecule has 100 valence electrons. The molecular formula is C16H20N2O. The summed E-state index contributed by atoms with van der Waals surface area (Å²) in [6, 6.07) is 9.89. The average Bonchev–Trinajstić information content (AvgIpc) is 2.79. The van der Waals surface area contributed by atoms with Crippen LogP contribution >= 0.6 is 0 Å². The highest BCUT2D eigenvalue weighted by atomic mass is 16.1. The van der Waals surface area contributed by atoms with Crippen molar-refractivity contribution in [1.82, 2.24) is 9.78 Å². The highest BCUT2D eigenvalue weighted by Crippen LogP contribution is 2.11. The van der Waals surface area contributed by atoms with Gasteiger partial charge in [-0.15, -0.1) is 0 Å². The molecule has 0 atom stereocenters. The van der Waals surface area contributed by atoms with Gasteiger partial charge in [0.25, 0.3) is 0 Å². The highest BCUT2D eigenvalue weighted by molar-refractivity contribution is 5.97. The van der Waals surface area contributed by atoms with Crippen molar-refractivity contribution in [2.45, 2.75) is 33.1 Å². The number of hydrogen-bond donors (Lipinski definition) is 0. The zero-order valence-corrected chi connectivity index (χ0v) is 11.8. The number of carbonyl (C=O) groups excluding carboxylic acids is 1. The van der Waals surface area contributed by atoms with E-state index in [1.165, 1.54) is 5.56 Å². The Balaban J connectivity index is 2.13. The molecule has 1 aromatic heterocycles. The van der Waals surface area contributed by atoms with E-state index in [2.05, 4.69) is 18.9 Å². The molecule has 1 aromatic carbocycles. The van der Waals surface area contributed by atoms with Crippen LogP contribution in [0.3, 0.4) is 0 Å². The molecular weight excluding hydrogens is 236 g/mol. The Morgan fingerprint density at radius 3 is 2.37 bits per heavy atom. The van der Waals surface area contributed by atoms with Crippen LogP contribution in [0.4, 0.5) is 0 Å². The van der Waals surface area contributed by atoms with Gasteiger partial charge in [-0.25, -0.2) is 0 Å². The van der Waals surface area contributed by atoms with Gasteiger partial charge < -0.3 is 0 Å². The minimum atomic E-state index is 0.147. The Kier molecular flexibility index (Phi) is 4.15. The van der Waals surface area contributed by atoms with Crippen molar-refractivity contribution < 1.29 is 4.79 Å². The Labute approximate surface area is 114 Å². The van der Waals surface area contributed by atoms with Crippen LogP contribution in [-0.2, 0) is 26.3 Å². The summed E-state index contributed by atoms with van der Waals surface area (Å²) in [6.45, 7) is 4.18. The SMILES string of the molecule is CCc1ccc(C(=O)Cc2cc(CC)nn2C)cc1. The predicted octanol–water partition coefficient (Wildman–Crippen LogP) is 2.97. The molecule has 0 fully saturated rings. The van der Waals surface area contributed by atoms with Crippen LogP contribution in [-0.4, -0.2) is 15.6 Å². The summed E-state index contributed by atoms with van der Waals surface area (Å²) in [4.78, 5) is 12.2. The third kappa shape index (κ3) is 3.11. The van der Waals surface area contributed by atoms with Gasteiger partial charge in [-0.3, -0.25) is 9.48 Å². The lowest BCUT2D eigenvalue weighted by Gasteiger charge is -2.03. The fourth-order valence-corrected chi connectivity index (χ4v) is 2.10. The maximum atomic E-state index is 12.2. The Morgan fingerprint density at radius 1 is 1.16 bits per heavy atom. The molecule has 3 nitrogen and oxygen atoms in total. The van der Waals surface area contributed by atoms with Crippen LogP contribution in [0.5, 0.6) is 0 Å². The van der Waals surface area contributed by atoms with E-state index in [-0.39, 0.29) is 5.78 Å². The standard InChI is InChI=1S/C16H20N2O/c1-4-12-6-8-13(9-7-12)16(19)11-15-10-14(5-2)17-18(15)3/h6-10H,4-5,11H2,1-3H3. The fourth-order valence-electron chi connectivity index (χ4n) is 2.10. The number of benzene rings is 1. The molecule has 3 heteroatoms. The van der Waals surface area contributed by atoms with E-state index in [0.29, 0.717) is 6.42 Å². The van der Waals surface area contributed by atoms with Gasteiger partial charge in [0, 0.05) is 18.3 Å². The van der Waals surface area contributed by atoms with Crippen LogP contribution in [0.15, 0.2) is 30.3 Å². The van der Waals surface area contributed by atoms with E-state index in [9.17, 15) is 4.79 Å². The maximum Gasteiger partial charge on any atom is 0.168 e. The number of Topliss-reactive ketones (excluding diaryl/α,β-unsaturated/α-hetero) is 1. The second-order valence-electron chi connectivity index (χ2n) is 4.75. The molecule has 0 radical (unpaired) electrons. The molecule has 0 saturated carbocycles. The molecule has 19 heavy (non-hydrogen) atoms. The van der Waals surface area contributed by atoms with Crippen molar-refractivity contribution in [2.75, 3.05) is 0 Å². The van der Waals surface area contributed by atoms with Gasteiger partial charge in [0.1, 0.15) is 0 Å². The van der Waals surface area contributed by atoms with Crippen molar-refractivity contribution in [1.29, 1.82) is 0 Å². The Hall–Kier alpha value is -1.90. The Bertz CT molecular complexity index is 567. The van der Waals surface area contributed by atoms with Gasteiger partial charge in [-0.2, -0.15) is 5.10 Å². The van der Waals surface area contributed by atoms with Crippen LogP contribution in [0, 0.1) is 0 Å².